The highest BCUT2D eigenvalue weighted by Crippen LogP contribution is 2.21. The van der Waals surface area contributed by atoms with E-state index in [1.165, 1.54) is 7.11 Å². The van der Waals surface area contributed by atoms with Gasteiger partial charge in [0.05, 0.1) is 16.8 Å². The van der Waals surface area contributed by atoms with Crippen molar-refractivity contribution in [3.63, 3.8) is 0 Å². The molecule has 1 aromatic carbocycles. The molecule has 1 amide bonds. The van der Waals surface area contributed by atoms with Crippen molar-refractivity contribution < 1.29 is 9.53 Å². The van der Waals surface area contributed by atoms with Crippen molar-refractivity contribution in [1.29, 1.82) is 0 Å². The largest absolute Gasteiger partial charge is 0.369 e. The molecule has 5 heteroatoms. The highest BCUT2D eigenvalue weighted by Gasteiger charge is 2.26. The second-order valence-electron chi connectivity index (χ2n) is 4.47. The van der Waals surface area contributed by atoms with E-state index in [2.05, 4.69) is 10.3 Å². The van der Waals surface area contributed by atoms with Crippen molar-refractivity contribution in [2.45, 2.75) is 26.0 Å². The van der Waals surface area contributed by atoms with Crippen LogP contribution in [0.3, 0.4) is 0 Å². The van der Waals surface area contributed by atoms with Crippen LogP contribution in [-0.2, 0) is 16.1 Å². The first-order chi connectivity index (χ1) is 8.53. The lowest BCUT2D eigenvalue weighted by Gasteiger charge is -2.21. The van der Waals surface area contributed by atoms with Crippen LogP contribution in [0.4, 0.5) is 0 Å². The van der Waals surface area contributed by atoms with Gasteiger partial charge in [0, 0.05) is 7.11 Å². The summed E-state index contributed by atoms with van der Waals surface area (Å²) in [6.45, 7) is 3.91. The number of carbonyl (C=O) groups excluding carboxylic acids is 1. The zero-order valence-corrected chi connectivity index (χ0v) is 11.5. The van der Waals surface area contributed by atoms with E-state index in [1.54, 1.807) is 25.2 Å². The molecule has 0 bridgehead atoms. The molecule has 96 valence electrons. The summed E-state index contributed by atoms with van der Waals surface area (Å²) in [7, 11) is 1.53. The Morgan fingerprint density at radius 2 is 2.17 bits per heavy atom. The van der Waals surface area contributed by atoms with Gasteiger partial charge in [0.1, 0.15) is 10.6 Å². The summed E-state index contributed by atoms with van der Waals surface area (Å²) in [5.74, 6) is -0.135. The van der Waals surface area contributed by atoms with Crippen molar-refractivity contribution in [3.8, 4) is 0 Å². The summed E-state index contributed by atoms with van der Waals surface area (Å²) in [6, 6.07) is 7.93. The minimum atomic E-state index is -0.809. The number of carbonyl (C=O) groups is 1. The van der Waals surface area contributed by atoms with Crippen LogP contribution in [0.25, 0.3) is 10.2 Å². The van der Waals surface area contributed by atoms with Gasteiger partial charge in [-0.3, -0.25) is 4.79 Å². The number of methoxy groups -OCH3 is 1. The number of para-hydroxylation sites is 1. The molecule has 0 fully saturated rings. The van der Waals surface area contributed by atoms with Gasteiger partial charge in [0.15, 0.2) is 0 Å². The van der Waals surface area contributed by atoms with Crippen molar-refractivity contribution in [1.82, 2.24) is 10.3 Å². The Bertz CT molecular complexity index is 530. The molecule has 0 radical (unpaired) electrons. The molecule has 1 aromatic heterocycles. The third-order valence-corrected chi connectivity index (χ3v) is 3.83. The van der Waals surface area contributed by atoms with Crippen LogP contribution in [0, 0.1) is 0 Å². The SMILES string of the molecule is COC(C)(C)C(=O)NCc1nc2ccccc2s1. The second-order valence-corrected chi connectivity index (χ2v) is 5.59. The Hall–Kier alpha value is -1.46. The molecule has 0 saturated heterocycles. The Morgan fingerprint density at radius 1 is 1.44 bits per heavy atom. The molecule has 2 rings (SSSR count). The number of nitrogens with zero attached hydrogens (tertiary/aromatic N) is 1. The van der Waals surface area contributed by atoms with E-state index in [9.17, 15) is 4.79 Å². The molecule has 0 aliphatic heterocycles. The Morgan fingerprint density at radius 3 is 2.83 bits per heavy atom. The van der Waals surface area contributed by atoms with Crippen molar-refractivity contribution >= 4 is 27.5 Å². The molecule has 0 unspecified atom stereocenters. The van der Waals surface area contributed by atoms with Gasteiger partial charge in [0.2, 0.25) is 0 Å². The molecule has 0 aliphatic rings. The second kappa shape index (κ2) is 5.04. The highest BCUT2D eigenvalue weighted by atomic mass is 32.1. The van der Waals surface area contributed by atoms with Gasteiger partial charge in [-0.05, 0) is 26.0 Å². The molecular formula is C13H16N2O2S. The number of hydrogen-bond acceptors (Lipinski definition) is 4. The smallest absolute Gasteiger partial charge is 0.252 e. The lowest BCUT2D eigenvalue weighted by atomic mass is 10.1. The molecule has 0 saturated carbocycles. The van der Waals surface area contributed by atoms with Gasteiger partial charge >= 0.3 is 0 Å². The first-order valence-electron chi connectivity index (χ1n) is 5.71. The number of thiazole rings is 1. The zero-order valence-electron chi connectivity index (χ0n) is 10.7. The van der Waals surface area contributed by atoms with Crippen LogP contribution >= 0.6 is 11.3 Å². The van der Waals surface area contributed by atoms with Crippen LogP contribution in [0.15, 0.2) is 24.3 Å². The normalized spacial score (nSPS) is 11.7. The zero-order chi connectivity index (χ0) is 13.2. The molecule has 0 spiro atoms. The Kier molecular flexibility index (Phi) is 3.63. The quantitative estimate of drug-likeness (QED) is 0.922. The summed E-state index contributed by atoms with van der Waals surface area (Å²) < 4.78 is 6.25. The number of aromatic nitrogens is 1. The van der Waals surface area contributed by atoms with Crippen molar-refractivity contribution in [2.75, 3.05) is 7.11 Å². The fourth-order valence-corrected chi connectivity index (χ4v) is 2.36. The third kappa shape index (κ3) is 2.68. The lowest BCUT2D eigenvalue weighted by Crippen LogP contribution is -2.43. The standard InChI is InChI=1S/C13H16N2O2S/c1-13(2,17-3)12(16)14-8-11-15-9-6-4-5-7-10(9)18-11/h4-7H,8H2,1-3H3,(H,14,16). The molecule has 4 nitrogen and oxygen atoms in total. The molecule has 1 heterocycles. The number of fused-ring (bicyclic) bond motifs is 1. The van der Waals surface area contributed by atoms with E-state index in [1.807, 2.05) is 24.3 Å². The maximum Gasteiger partial charge on any atom is 0.252 e. The maximum atomic E-state index is 11.8. The summed E-state index contributed by atoms with van der Waals surface area (Å²) in [5.41, 5.74) is 0.161. The van der Waals surface area contributed by atoms with Gasteiger partial charge in [-0.15, -0.1) is 11.3 Å². The number of nitrogens with one attached hydrogen (secondary N) is 1. The molecule has 0 atom stereocenters. The molecule has 18 heavy (non-hydrogen) atoms. The fourth-order valence-electron chi connectivity index (χ4n) is 1.46. The van der Waals surface area contributed by atoms with E-state index in [-0.39, 0.29) is 5.91 Å². The third-order valence-electron chi connectivity index (χ3n) is 2.80. The first kappa shape index (κ1) is 13.0. The van der Waals surface area contributed by atoms with E-state index in [0.29, 0.717) is 6.54 Å². The predicted molar refractivity (Wildman–Crippen MR) is 72.6 cm³/mol. The number of benzene rings is 1. The van der Waals surface area contributed by atoms with E-state index in [4.69, 9.17) is 4.74 Å². The summed E-state index contributed by atoms with van der Waals surface area (Å²) in [6.07, 6.45) is 0. The Balaban J connectivity index is 2.04. The van der Waals surface area contributed by atoms with E-state index in [0.717, 1.165) is 15.2 Å². The van der Waals surface area contributed by atoms with Crippen molar-refractivity contribution in [3.05, 3.63) is 29.3 Å². The van der Waals surface area contributed by atoms with Crippen LogP contribution in [0.2, 0.25) is 0 Å². The average Bonchev–Trinajstić information content (AvgIpc) is 2.78. The number of amides is 1. The molecule has 0 aliphatic carbocycles. The Labute approximate surface area is 110 Å². The van der Waals surface area contributed by atoms with Crippen LogP contribution in [0.5, 0.6) is 0 Å². The van der Waals surface area contributed by atoms with Crippen molar-refractivity contribution in [2.24, 2.45) is 0 Å². The van der Waals surface area contributed by atoms with Gasteiger partial charge < -0.3 is 10.1 Å². The van der Waals surface area contributed by atoms with Gasteiger partial charge in [-0.25, -0.2) is 4.98 Å². The minimum Gasteiger partial charge on any atom is -0.369 e. The lowest BCUT2D eigenvalue weighted by molar-refractivity contribution is -0.139. The predicted octanol–water partition coefficient (Wildman–Crippen LogP) is 2.34. The maximum absolute atomic E-state index is 11.8. The van der Waals surface area contributed by atoms with E-state index < -0.39 is 5.60 Å². The summed E-state index contributed by atoms with van der Waals surface area (Å²) in [5, 5.41) is 3.73. The fraction of sp³-hybridized carbons (Fsp3) is 0.385. The number of ether oxygens (including phenoxy) is 1. The summed E-state index contributed by atoms with van der Waals surface area (Å²) in [4.78, 5) is 16.3. The molecule has 1 N–H and O–H groups in total. The number of rotatable bonds is 4. The van der Waals surface area contributed by atoms with Crippen LogP contribution < -0.4 is 5.32 Å². The molecular weight excluding hydrogens is 248 g/mol. The van der Waals surface area contributed by atoms with Gasteiger partial charge in [-0.1, -0.05) is 12.1 Å². The minimum absolute atomic E-state index is 0.135. The highest BCUT2D eigenvalue weighted by molar-refractivity contribution is 7.18. The topological polar surface area (TPSA) is 51.2 Å². The van der Waals surface area contributed by atoms with E-state index >= 15 is 0 Å². The average molecular weight is 264 g/mol. The van der Waals surface area contributed by atoms with Crippen LogP contribution in [0.1, 0.15) is 18.9 Å². The monoisotopic (exact) mass is 264 g/mol. The first-order valence-corrected chi connectivity index (χ1v) is 6.52. The number of hydrogen-bond donors (Lipinski definition) is 1. The van der Waals surface area contributed by atoms with Gasteiger partial charge in [0.25, 0.3) is 5.91 Å². The molecule has 2 aromatic rings. The summed E-state index contributed by atoms with van der Waals surface area (Å²) >= 11 is 1.59. The van der Waals surface area contributed by atoms with Crippen LogP contribution in [-0.4, -0.2) is 23.6 Å². The van der Waals surface area contributed by atoms with Gasteiger partial charge in [-0.2, -0.15) is 0 Å².